The van der Waals surface area contributed by atoms with E-state index >= 15 is 0 Å². The Morgan fingerprint density at radius 2 is 2.04 bits per heavy atom. The van der Waals surface area contributed by atoms with Crippen molar-refractivity contribution in [1.82, 2.24) is 4.90 Å². The number of aliphatic hydroxyl groups excluding tert-OH is 1. The molecule has 0 bridgehead atoms. The number of hydrogen-bond donors (Lipinski definition) is 3. The summed E-state index contributed by atoms with van der Waals surface area (Å²) in [5.41, 5.74) is 0.871. The molecule has 3 N–H and O–H groups in total. The molecule has 0 spiro atoms. The number of benzene rings is 1. The Labute approximate surface area is 167 Å². The summed E-state index contributed by atoms with van der Waals surface area (Å²) in [5.74, 6) is -2.71. The predicted octanol–water partition coefficient (Wildman–Crippen LogP) is 2.24. The number of ether oxygens (including phenoxy) is 1. The number of thiophene rings is 1. The zero-order valence-corrected chi connectivity index (χ0v) is 16.5. The van der Waals surface area contributed by atoms with Gasteiger partial charge in [-0.05, 0) is 48.4 Å². The molecule has 0 amide bonds. The second kappa shape index (κ2) is 10.9. The van der Waals surface area contributed by atoms with E-state index in [1.807, 2.05) is 0 Å². The number of carboxylic acids is 2. The first kappa shape index (κ1) is 22.0. The lowest BCUT2D eigenvalue weighted by Crippen LogP contribution is -2.40. The minimum atomic E-state index is -1.35. The maximum atomic E-state index is 11.3. The van der Waals surface area contributed by atoms with Gasteiger partial charge in [-0.2, -0.15) is 0 Å². The second-order valence-electron chi connectivity index (χ2n) is 6.43. The molecule has 28 heavy (non-hydrogen) atoms. The van der Waals surface area contributed by atoms with Crippen LogP contribution in [0.15, 0.2) is 41.3 Å². The summed E-state index contributed by atoms with van der Waals surface area (Å²) < 4.78 is 6.92. The van der Waals surface area contributed by atoms with Crippen molar-refractivity contribution in [1.29, 1.82) is 0 Å². The monoisotopic (exact) mass is 407 g/mol. The van der Waals surface area contributed by atoms with Crippen molar-refractivity contribution >= 4 is 33.4 Å². The summed E-state index contributed by atoms with van der Waals surface area (Å²) in [7, 11) is 1.65. The number of carboxylic acid groups (broad SMARTS) is 2. The molecule has 1 aromatic carbocycles. The van der Waals surface area contributed by atoms with Crippen molar-refractivity contribution in [3.05, 3.63) is 46.9 Å². The molecule has 8 heteroatoms. The average molecular weight is 407 g/mol. The van der Waals surface area contributed by atoms with Gasteiger partial charge in [0, 0.05) is 23.9 Å². The van der Waals surface area contributed by atoms with E-state index < -0.39 is 24.6 Å². The Kier molecular flexibility index (Phi) is 8.59. The fourth-order valence-corrected chi connectivity index (χ4v) is 3.72. The van der Waals surface area contributed by atoms with E-state index in [0.717, 1.165) is 6.42 Å². The molecular weight excluding hydrogens is 382 g/mol. The van der Waals surface area contributed by atoms with Crippen LogP contribution < -0.4 is 0 Å². The third-order valence-corrected chi connectivity index (χ3v) is 5.34. The van der Waals surface area contributed by atoms with Crippen LogP contribution in [0.1, 0.15) is 12.0 Å². The van der Waals surface area contributed by atoms with Crippen molar-refractivity contribution in [3.63, 3.8) is 0 Å². The number of fused-ring (bicyclic) bond motifs is 1. The highest BCUT2D eigenvalue weighted by Gasteiger charge is 2.24. The first-order valence-electron chi connectivity index (χ1n) is 8.95. The van der Waals surface area contributed by atoms with Gasteiger partial charge in [-0.1, -0.05) is 12.1 Å². The van der Waals surface area contributed by atoms with Crippen LogP contribution >= 0.6 is 11.3 Å². The van der Waals surface area contributed by atoms with Gasteiger partial charge in [0.2, 0.25) is 0 Å². The number of aliphatic carboxylic acids is 2. The molecule has 0 aliphatic carbocycles. The summed E-state index contributed by atoms with van der Waals surface area (Å²) in [6, 6.07) is 7.60. The topological polar surface area (TPSA) is 107 Å². The summed E-state index contributed by atoms with van der Waals surface area (Å²) in [6.07, 6.45) is 2.07. The van der Waals surface area contributed by atoms with Crippen molar-refractivity contribution in [2.75, 3.05) is 33.4 Å². The van der Waals surface area contributed by atoms with Gasteiger partial charge >= 0.3 is 11.9 Å². The van der Waals surface area contributed by atoms with Gasteiger partial charge in [0.1, 0.15) is 0 Å². The molecule has 1 aromatic heterocycles. The smallest absolute Gasteiger partial charge is 0.333 e. The van der Waals surface area contributed by atoms with E-state index in [4.69, 9.17) is 9.84 Å². The van der Waals surface area contributed by atoms with Crippen molar-refractivity contribution in [2.45, 2.75) is 18.9 Å². The van der Waals surface area contributed by atoms with Crippen LogP contribution in [0, 0.1) is 0 Å². The summed E-state index contributed by atoms with van der Waals surface area (Å²) >= 11 is 1.72. The first-order valence-corrected chi connectivity index (χ1v) is 9.83. The van der Waals surface area contributed by atoms with Crippen molar-refractivity contribution in [2.24, 2.45) is 0 Å². The Hall–Kier alpha value is -2.26. The molecule has 0 fully saturated rings. The summed E-state index contributed by atoms with van der Waals surface area (Å²) in [6.45, 7) is 1.07. The molecule has 2 rings (SSSR count). The fraction of sp³-hybridized carbons (Fsp3) is 0.400. The van der Waals surface area contributed by atoms with E-state index in [2.05, 4.69) is 29.6 Å². The highest BCUT2D eigenvalue weighted by molar-refractivity contribution is 7.17. The van der Waals surface area contributed by atoms with E-state index in [1.54, 1.807) is 23.3 Å². The fourth-order valence-electron chi connectivity index (χ4n) is 2.94. The van der Waals surface area contributed by atoms with Crippen LogP contribution in [-0.4, -0.2) is 71.6 Å². The third-order valence-electron chi connectivity index (χ3n) is 4.44. The van der Waals surface area contributed by atoms with Gasteiger partial charge in [0.15, 0.2) is 0 Å². The maximum Gasteiger partial charge on any atom is 0.333 e. The third kappa shape index (κ3) is 6.42. The van der Waals surface area contributed by atoms with Gasteiger partial charge in [-0.15, -0.1) is 11.3 Å². The van der Waals surface area contributed by atoms with Crippen LogP contribution in [-0.2, 0) is 20.7 Å². The Balaban J connectivity index is 1.73. The van der Waals surface area contributed by atoms with Gasteiger partial charge in [0.25, 0.3) is 0 Å². The zero-order chi connectivity index (χ0) is 20.5. The lowest BCUT2D eigenvalue weighted by Gasteiger charge is -2.26. The maximum absolute atomic E-state index is 11.3. The number of rotatable bonds is 12. The van der Waals surface area contributed by atoms with Gasteiger partial charge < -0.3 is 20.1 Å². The standard InChI is InChI=1S/C20H25NO6S/c1-21(17(13-22)16(20(25)26)12-19(23)24)7-2-8-27-9-5-14-3-4-18-15(11-14)6-10-28-18/h3-4,6,10-12,17,22H,2,5,7-9,13H2,1H3,(H,23,24)(H,25,26). The minimum absolute atomic E-state index is 0.345. The molecule has 0 radical (unpaired) electrons. The van der Waals surface area contributed by atoms with E-state index in [9.17, 15) is 19.8 Å². The number of aliphatic hydroxyl groups is 1. The van der Waals surface area contributed by atoms with Gasteiger partial charge in [-0.25, -0.2) is 9.59 Å². The molecule has 2 aromatic rings. The Morgan fingerprint density at radius 1 is 1.25 bits per heavy atom. The Morgan fingerprint density at radius 3 is 2.71 bits per heavy atom. The molecule has 0 aliphatic heterocycles. The van der Waals surface area contributed by atoms with Gasteiger partial charge in [-0.3, -0.25) is 4.90 Å². The van der Waals surface area contributed by atoms with Crippen LogP contribution in [0.25, 0.3) is 10.1 Å². The normalized spacial score (nSPS) is 13.2. The average Bonchev–Trinajstić information content (AvgIpc) is 3.11. The highest BCUT2D eigenvalue weighted by Crippen LogP contribution is 2.21. The van der Waals surface area contributed by atoms with Crippen molar-refractivity contribution in [3.8, 4) is 0 Å². The molecule has 152 valence electrons. The van der Waals surface area contributed by atoms with Crippen molar-refractivity contribution < 1.29 is 29.6 Å². The van der Waals surface area contributed by atoms with Crippen LogP contribution in [0.4, 0.5) is 0 Å². The molecule has 1 heterocycles. The van der Waals surface area contributed by atoms with E-state index in [-0.39, 0.29) is 5.57 Å². The number of likely N-dealkylation sites (N-methyl/N-ethyl adjacent to an activating group) is 1. The van der Waals surface area contributed by atoms with Crippen LogP contribution in [0.2, 0.25) is 0 Å². The predicted molar refractivity (Wildman–Crippen MR) is 108 cm³/mol. The number of nitrogens with zero attached hydrogens (tertiary/aromatic N) is 1. The molecule has 1 atom stereocenters. The highest BCUT2D eigenvalue weighted by atomic mass is 32.1. The second-order valence-corrected chi connectivity index (χ2v) is 7.38. The van der Waals surface area contributed by atoms with Gasteiger partial charge in [0.05, 0.1) is 24.8 Å². The van der Waals surface area contributed by atoms with Crippen LogP contribution in [0.5, 0.6) is 0 Å². The SMILES string of the molecule is CN(CCCOCCc1ccc2sccc2c1)C(CO)C(=CC(=O)O)C(=O)O. The summed E-state index contributed by atoms with van der Waals surface area (Å²) in [4.78, 5) is 23.7. The van der Waals surface area contributed by atoms with E-state index in [1.165, 1.54) is 15.6 Å². The quantitative estimate of drug-likeness (QED) is 0.366. The molecule has 7 nitrogen and oxygen atoms in total. The Bertz CT molecular complexity index is 831. The molecular formula is C20H25NO6S. The van der Waals surface area contributed by atoms with Crippen LogP contribution in [0.3, 0.4) is 0 Å². The molecule has 0 saturated heterocycles. The lowest BCUT2D eigenvalue weighted by atomic mass is 10.1. The first-order chi connectivity index (χ1) is 13.4. The summed E-state index contributed by atoms with van der Waals surface area (Å²) in [5, 5.41) is 30.8. The molecule has 0 aliphatic rings. The zero-order valence-electron chi connectivity index (χ0n) is 15.7. The minimum Gasteiger partial charge on any atom is -0.478 e. The lowest BCUT2D eigenvalue weighted by molar-refractivity contribution is -0.135. The molecule has 1 unspecified atom stereocenters. The number of hydrogen-bond acceptors (Lipinski definition) is 6. The molecule has 0 saturated carbocycles. The number of carbonyl (C=O) groups is 2. The van der Waals surface area contributed by atoms with E-state index in [0.29, 0.717) is 32.3 Å². The largest absolute Gasteiger partial charge is 0.478 e.